The second kappa shape index (κ2) is 7.73. The van der Waals surface area contributed by atoms with Crippen LogP contribution in [0.5, 0.6) is 0 Å². The van der Waals surface area contributed by atoms with Gasteiger partial charge in [0.15, 0.2) is 0 Å². The molecule has 32 heavy (non-hydrogen) atoms. The van der Waals surface area contributed by atoms with Crippen LogP contribution in [0, 0.1) is 17.3 Å². The Morgan fingerprint density at radius 2 is 1.62 bits per heavy atom. The molecule has 0 aromatic heterocycles. The zero-order valence-electron chi connectivity index (χ0n) is 18.4. The van der Waals surface area contributed by atoms with Gasteiger partial charge in [0.2, 0.25) is 0 Å². The van der Waals surface area contributed by atoms with Crippen LogP contribution in [0.3, 0.4) is 0 Å². The van der Waals surface area contributed by atoms with Crippen LogP contribution >= 0.6 is 0 Å². The molecule has 4 nitrogen and oxygen atoms in total. The second-order valence-electron chi connectivity index (χ2n) is 9.77. The van der Waals surface area contributed by atoms with Crippen molar-refractivity contribution in [1.82, 2.24) is 5.01 Å². The first kappa shape index (κ1) is 22.5. The Labute approximate surface area is 185 Å². The van der Waals surface area contributed by atoms with Gasteiger partial charge in [-0.25, -0.2) is 0 Å². The molecule has 1 N–H and O–H groups in total. The number of rotatable bonds is 2. The molecule has 3 atom stereocenters. The first-order chi connectivity index (χ1) is 14.9. The molecule has 4 rings (SSSR count). The van der Waals surface area contributed by atoms with Crippen LogP contribution in [0.2, 0.25) is 0 Å². The minimum Gasteiger partial charge on any atom is -0.362 e. The molecule has 1 heterocycles. The van der Waals surface area contributed by atoms with E-state index in [4.69, 9.17) is 0 Å². The third kappa shape index (κ3) is 3.72. The summed E-state index contributed by atoms with van der Waals surface area (Å²) in [6.07, 6.45) is -3.89. The molecule has 0 bridgehead atoms. The number of hydrazone groups is 1. The van der Waals surface area contributed by atoms with Crippen molar-refractivity contribution in [3.05, 3.63) is 60.2 Å². The highest BCUT2D eigenvalue weighted by atomic mass is 19.4. The number of fused-ring (bicyclic) bond motifs is 1. The highest BCUT2D eigenvalue weighted by Gasteiger charge is 2.69. The van der Waals surface area contributed by atoms with Gasteiger partial charge in [-0.2, -0.15) is 23.3 Å². The Balaban J connectivity index is 1.66. The Morgan fingerprint density at radius 3 is 2.19 bits per heavy atom. The third-order valence-electron chi connectivity index (χ3n) is 6.78. The monoisotopic (exact) mass is 444 g/mol. The van der Waals surface area contributed by atoms with Gasteiger partial charge in [-0.05, 0) is 53.9 Å². The van der Waals surface area contributed by atoms with Gasteiger partial charge in [0, 0.05) is 11.3 Å². The second-order valence-corrected chi connectivity index (χ2v) is 9.77. The molecule has 1 aliphatic carbocycles. The lowest BCUT2D eigenvalue weighted by Gasteiger charge is -2.42. The summed E-state index contributed by atoms with van der Waals surface area (Å²) >= 11 is 0. The first-order valence-corrected chi connectivity index (χ1v) is 10.8. The number of hydrogen-bond acceptors (Lipinski definition) is 3. The SMILES string of the molecule is CC(C)(C)[C@@H]1CCC2=NN(C(=O)c3ccc(-c4ccccc4)cc3)[C@](O)(C(F)(F)F)[C@H]2C1. The fraction of sp³-hybridized carbons (Fsp3) is 0.440. The van der Waals surface area contributed by atoms with E-state index in [2.05, 4.69) is 5.10 Å². The number of alkyl halides is 3. The van der Waals surface area contributed by atoms with Crippen molar-refractivity contribution in [1.29, 1.82) is 0 Å². The van der Waals surface area contributed by atoms with E-state index in [9.17, 15) is 23.1 Å². The number of nitrogens with zero attached hydrogens (tertiary/aromatic N) is 2. The molecule has 7 heteroatoms. The van der Waals surface area contributed by atoms with Crippen molar-refractivity contribution in [2.75, 3.05) is 0 Å². The minimum atomic E-state index is -5.04. The predicted molar refractivity (Wildman–Crippen MR) is 117 cm³/mol. The van der Waals surface area contributed by atoms with Crippen molar-refractivity contribution in [3.63, 3.8) is 0 Å². The van der Waals surface area contributed by atoms with Crippen LogP contribution in [0.25, 0.3) is 11.1 Å². The van der Waals surface area contributed by atoms with E-state index in [-0.39, 0.29) is 34.0 Å². The average molecular weight is 444 g/mol. The smallest absolute Gasteiger partial charge is 0.362 e. The number of halogens is 3. The molecule has 0 radical (unpaired) electrons. The van der Waals surface area contributed by atoms with Crippen molar-refractivity contribution in [3.8, 4) is 11.1 Å². The van der Waals surface area contributed by atoms with Crippen LogP contribution in [-0.4, -0.2) is 33.6 Å². The molecule has 0 spiro atoms. The zero-order chi connectivity index (χ0) is 23.3. The van der Waals surface area contributed by atoms with Crippen molar-refractivity contribution in [2.45, 2.75) is 51.9 Å². The summed E-state index contributed by atoms with van der Waals surface area (Å²) in [5.41, 5.74) is -1.49. The first-order valence-electron chi connectivity index (χ1n) is 10.8. The Bertz CT molecular complexity index is 1030. The molecule has 0 unspecified atom stereocenters. The fourth-order valence-electron chi connectivity index (χ4n) is 4.77. The summed E-state index contributed by atoms with van der Waals surface area (Å²) in [7, 11) is 0. The molecular weight excluding hydrogens is 417 g/mol. The summed E-state index contributed by atoms with van der Waals surface area (Å²) in [5.74, 6) is -2.23. The van der Waals surface area contributed by atoms with E-state index in [1.807, 2.05) is 51.1 Å². The van der Waals surface area contributed by atoms with Crippen LogP contribution in [0.1, 0.15) is 50.4 Å². The van der Waals surface area contributed by atoms with E-state index in [0.29, 0.717) is 12.8 Å². The lowest BCUT2D eigenvalue weighted by Crippen LogP contribution is -2.62. The summed E-state index contributed by atoms with van der Waals surface area (Å²) in [6, 6.07) is 15.8. The molecular formula is C25H27F3N2O2. The van der Waals surface area contributed by atoms with Crippen LogP contribution < -0.4 is 0 Å². The van der Waals surface area contributed by atoms with E-state index < -0.39 is 23.7 Å². The summed E-state index contributed by atoms with van der Waals surface area (Å²) in [4.78, 5) is 13.1. The Hall–Kier alpha value is -2.67. The number of aliphatic hydroxyl groups is 1. The number of carbonyl (C=O) groups is 1. The van der Waals surface area contributed by atoms with Gasteiger partial charge >= 0.3 is 6.18 Å². The topological polar surface area (TPSA) is 52.9 Å². The van der Waals surface area contributed by atoms with Crippen molar-refractivity contribution in [2.24, 2.45) is 22.4 Å². The van der Waals surface area contributed by atoms with Gasteiger partial charge in [0.05, 0.1) is 5.92 Å². The Kier molecular flexibility index (Phi) is 5.44. The van der Waals surface area contributed by atoms with Gasteiger partial charge in [0.25, 0.3) is 11.6 Å². The molecule has 0 saturated heterocycles. The van der Waals surface area contributed by atoms with Gasteiger partial charge < -0.3 is 5.11 Å². The number of amides is 1. The lowest BCUT2D eigenvalue weighted by molar-refractivity contribution is -0.314. The largest absolute Gasteiger partial charge is 0.439 e. The lowest BCUT2D eigenvalue weighted by atomic mass is 9.66. The maximum Gasteiger partial charge on any atom is 0.439 e. The van der Waals surface area contributed by atoms with E-state index >= 15 is 0 Å². The molecule has 1 aliphatic heterocycles. The van der Waals surface area contributed by atoms with Gasteiger partial charge in [-0.3, -0.25) is 4.79 Å². The number of hydrogen-bond donors (Lipinski definition) is 1. The third-order valence-corrected chi connectivity index (χ3v) is 6.78. The summed E-state index contributed by atoms with van der Waals surface area (Å²) < 4.78 is 42.7. The van der Waals surface area contributed by atoms with Gasteiger partial charge in [0.1, 0.15) is 0 Å². The van der Waals surface area contributed by atoms with Crippen LogP contribution in [-0.2, 0) is 0 Å². The normalized spacial score (nSPS) is 26.0. The van der Waals surface area contributed by atoms with E-state index in [0.717, 1.165) is 11.1 Å². The molecule has 2 aromatic carbocycles. The van der Waals surface area contributed by atoms with E-state index in [1.165, 1.54) is 12.1 Å². The highest BCUT2D eigenvalue weighted by Crippen LogP contribution is 2.52. The zero-order valence-corrected chi connectivity index (χ0v) is 18.4. The molecule has 1 amide bonds. The van der Waals surface area contributed by atoms with Gasteiger partial charge in [-0.15, -0.1) is 0 Å². The summed E-state index contributed by atoms with van der Waals surface area (Å²) in [5, 5.41) is 15.3. The molecule has 2 aromatic rings. The van der Waals surface area contributed by atoms with Gasteiger partial charge in [-0.1, -0.05) is 63.2 Å². The van der Waals surface area contributed by atoms with Crippen LogP contribution in [0.15, 0.2) is 59.7 Å². The number of benzene rings is 2. The van der Waals surface area contributed by atoms with E-state index in [1.54, 1.807) is 12.1 Å². The maximum absolute atomic E-state index is 14.2. The Morgan fingerprint density at radius 1 is 1.03 bits per heavy atom. The molecule has 2 aliphatic rings. The summed E-state index contributed by atoms with van der Waals surface area (Å²) in [6.45, 7) is 5.95. The molecule has 1 fully saturated rings. The predicted octanol–water partition coefficient (Wildman–Crippen LogP) is 5.88. The molecule has 170 valence electrons. The number of carbonyl (C=O) groups excluding carboxylic acids is 1. The van der Waals surface area contributed by atoms with Crippen LogP contribution in [0.4, 0.5) is 13.2 Å². The average Bonchev–Trinajstić information content (AvgIpc) is 3.07. The minimum absolute atomic E-state index is 0.0134. The quantitative estimate of drug-likeness (QED) is 0.629. The van der Waals surface area contributed by atoms with Crippen molar-refractivity contribution >= 4 is 11.6 Å². The highest BCUT2D eigenvalue weighted by molar-refractivity contribution is 5.99. The van der Waals surface area contributed by atoms with Crippen molar-refractivity contribution < 1.29 is 23.1 Å². The maximum atomic E-state index is 14.2. The fourth-order valence-corrected chi connectivity index (χ4v) is 4.77. The molecule has 1 saturated carbocycles. The standard InChI is InChI=1S/C25H27F3N2O2/c1-23(2,3)19-13-14-21-20(15-19)24(32,25(26,27)28)30(29-21)22(31)18-11-9-17(10-12-18)16-7-5-4-6-8-16/h4-12,19-20,32H,13-15H2,1-3H3/t19-,20+,24-/m1/s1.